The van der Waals surface area contributed by atoms with Crippen molar-refractivity contribution in [2.45, 2.75) is 77.4 Å². The molecule has 1 unspecified atom stereocenters. The Kier molecular flexibility index (Phi) is 10.6. The van der Waals surface area contributed by atoms with Gasteiger partial charge in [0, 0.05) is 30.6 Å². The molecule has 0 aliphatic heterocycles. The van der Waals surface area contributed by atoms with Crippen molar-refractivity contribution in [3.63, 3.8) is 0 Å². The molecule has 2 aromatic rings. The summed E-state index contributed by atoms with van der Waals surface area (Å²) in [7, 11) is -3.63. The van der Waals surface area contributed by atoms with Crippen molar-refractivity contribution in [3.8, 4) is 0 Å². The van der Waals surface area contributed by atoms with Crippen LogP contribution in [0.25, 0.3) is 0 Å². The molecule has 1 fully saturated rings. The summed E-state index contributed by atoms with van der Waals surface area (Å²) in [6.07, 6.45) is 5.83. The lowest BCUT2D eigenvalue weighted by Gasteiger charge is -2.32. The fourth-order valence-electron chi connectivity index (χ4n) is 4.92. The van der Waals surface area contributed by atoms with Crippen LogP contribution in [0.5, 0.6) is 0 Å². The predicted molar refractivity (Wildman–Crippen MR) is 149 cm³/mol. The zero-order chi connectivity index (χ0) is 27.9. The van der Waals surface area contributed by atoms with Crippen LogP contribution < -0.4 is 9.62 Å². The number of hydrogen-bond donors (Lipinski definition) is 1. The number of hydrogen-bond acceptors (Lipinski definition) is 4. The Hall–Kier alpha value is -2.65. The molecule has 1 atom stereocenters. The number of rotatable bonds is 12. The minimum absolute atomic E-state index is 0.0417. The van der Waals surface area contributed by atoms with E-state index in [1.807, 2.05) is 6.92 Å². The molecule has 10 heteroatoms. The quantitative estimate of drug-likeness (QED) is 0.383. The summed E-state index contributed by atoms with van der Waals surface area (Å²) in [5.74, 6) is -0.837. The fraction of sp³-hybridized carbons (Fsp3) is 0.500. The van der Waals surface area contributed by atoms with Gasteiger partial charge in [-0.05, 0) is 68.0 Å². The summed E-state index contributed by atoms with van der Waals surface area (Å²) < 4.78 is 39.9. The molecule has 0 bridgehead atoms. The largest absolute Gasteiger partial charge is 0.352 e. The molecule has 0 aromatic heterocycles. The molecule has 1 aliphatic rings. The summed E-state index contributed by atoms with van der Waals surface area (Å²) in [6.45, 7) is 3.84. The van der Waals surface area contributed by atoms with Crippen LogP contribution in [0.3, 0.4) is 0 Å². The van der Waals surface area contributed by atoms with Crippen molar-refractivity contribution in [2.24, 2.45) is 0 Å². The molecule has 0 saturated heterocycles. The fourth-order valence-corrected chi connectivity index (χ4v) is 6.11. The summed E-state index contributed by atoms with van der Waals surface area (Å²) in [5, 5.41) is 3.55. The van der Waals surface area contributed by atoms with Gasteiger partial charge in [0.2, 0.25) is 21.8 Å². The highest BCUT2D eigenvalue weighted by molar-refractivity contribution is 7.92. The molecule has 1 saturated carbocycles. The number of nitrogens with one attached hydrogen (secondary N) is 1. The van der Waals surface area contributed by atoms with E-state index in [0.717, 1.165) is 31.9 Å². The van der Waals surface area contributed by atoms with Crippen LogP contribution in [-0.2, 0) is 26.2 Å². The van der Waals surface area contributed by atoms with Crippen LogP contribution >= 0.6 is 11.6 Å². The minimum Gasteiger partial charge on any atom is -0.352 e. The number of amides is 2. The van der Waals surface area contributed by atoms with Crippen molar-refractivity contribution >= 4 is 39.1 Å². The van der Waals surface area contributed by atoms with Crippen LogP contribution in [0.15, 0.2) is 42.5 Å². The second kappa shape index (κ2) is 13.4. The first kappa shape index (κ1) is 29.9. The Morgan fingerprint density at radius 3 is 2.39 bits per heavy atom. The lowest BCUT2D eigenvalue weighted by Crippen LogP contribution is -2.51. The van der Waals surface area contributed by atoms with Crippen LogP contribution in [0.2, 0.25) is 5.02 Å². The van der Waals surface area contributed by atoms with E-state index >= 15 is 0 Å². The van der Waals surface area contributed by atoms with Gasteiger partial charge in [-0.15, -0.1) is 0 Å². The highest BCUT2D eigenvalue weighted by Crippen LogP contribution is 2.28. The Labute approximate surface area is 230 Å². The Morgan fingerprint density at radius 2 is 1.79 bits per heavy atom. The van der Waals surface area contributed by atoms with Crippen LogP contribution in [0.1, 0.15) is 63.0 Å². The van der Waals surface area contributed by atoms with Crippen molar-refractivity contribution in [1.29, 1.82) is 0 Å². The molecule has 208 valence electrons. The smallest absolute Gasteiger partial charge is 0.243 e. The molecule has 1 N–H and O–H groups in total. The molecule has 0 heterocycles. The van der Waals surface area contributed by atoms with Crippen LogP contribution in [0.4, 0.5) is 10.1 Å². The number of sulfonamides is 1. The van der Waals surface area contributed by atoms with Crippen molar-refractivity contribution in [3.05, 3.63) is 64.4 Å². The summed E-state index contributed by atoms with van der Waals surface area (Å²) >= 11 is 6.22. The highest BCUT2D eigenvalue weighted by Gasteiger charge is 2.31. The molecule has 1 aliphatic carbocycles. The molecule has 0 radical (unpaired) electrons. The number of benzene rings is 2. The van der Waals surface area contributed by atoms with Crippen LogP contribution in [0, 0.1) is 12.7 Å². The topological polar surface area (TPSA) is 86.8 Å². The first-order chi connectivity index (χ1) is 18.0. The number of carbonyl (C=O) groups is 2. The van der Waals surface area contributed by atoms with E-state index in [0.29, 0.717) is 28.3 Å². The molecule has 0 spiro atoms. The lowest BCUT2D eigenvalue weighted by molar-refractivity contribution is -0.141. The van der Waals surface area contributed by atoms with E-state index in [1.54, 1.807) is 37.3 Å². The first-order valence-corrected chi connectivity index (χ1v) is 15.3. The van der Waals surface area contributed by atoms with Gasteiger partial charge < -0.3 is 10.2 Å². The number of carbonyl (C=O) groups excluding carboxylic acids is 2. The van der Waals surface area contributed by atoms with Gasteiger partial charge in [-0.3, -0.25) is 13.9 Å². The maximum atomic E-state index is 13.5. The Balaban J connectivity index is 1.77. The zero-order valence-corrected chi connectivity index (χ0v) is 23.8. The number of nitrogens with zero attached hydrogens (tertiary/aromatic N) is 2. The molecule has 2 amide bonds. The maximum Gasteiger partial charge on any atom is 0.243 e. The van der Waals surface area contributed by atoms with E-state index < -0.39 is 16.1 Å². The van der Waals surface area contributed by atoms with Gasteiger partial charge in [-0.25, -0.2) is 12.8 Å². The molecule has 7 nitrogen and oxygen atoms in total. The molecule has 3 rings (SSSR count). The van der Waals surface area contributed by atoms with E-state index in [1.165, 1.54) is 21.3 Å². The molecule has 2 aromatic carbocycles. The summed E-state index contributed by atoms with van der Waals surface area (Å²) in [5.41, 5.74) is 1.82. The summed E-state index contributed by atoms with van der Waals surface area (Å²) in [6, 6.07) is 10.4. The lowest BCUT2D eigenvalue weighted by atomic mass is 10.1. The second-order valence-electron chi connectivity index (χ2n) is 9.88. The second-order valence-corrected chi connectivity index (χ2v) is 12.2. The molecular weight excluding hydrogens is 529 g/mol. The molecular formula is C28H37ClFN3O4S. The average Bonchev–Trinajstić information content (AvgIpc) is 3.37. The van der Waals surface area contributed by atoms with E-state index in [9.17, 15) is 22.4 Å². The monoisotopic (exact) mass is 565 g/mol. The van der Waals surface area contributed by atoms with Gasteiger partial charge in [0.25, 0.3) is 0 Å². The van der Waals surface area contributed by atoms with Crippen molar-refractivity contribution < 1.29 is 22.4 Å². The maximum absolute atomic E-state index is 13.5. The first-order valence-electron chi connectivity index (χ1n) is 13.1. The number of halogens is 2. The Morgan fingerprint density at radius 1 is 1.13 bits per heavy atom. The SMILES string of the molecule is CCC(C(=O)NC1CCCC1)N(Cc1ccc(F)cc1)C(=O)CCCN(c1cccc(Cl)c1C)S(C)(=O)=O. The predicted octanol–water partition coefficient (Wildman–Crippen LogP) is 5.20. The van der Waals surface area contributed by atoms with Crippen molar-refractivity contribution in [1.82, 2.24) is 10.2 Å². The third-order valence-corrected chi connectivity index (χ3v) is 8.60. The van der Waals surface area contributed by atoms with E-state index in [4.69, 9.17) is 11.6 Å². The van der Waals surface area contributed by atoms with Crippen molar-refractivity contribution in [2.75, 3.05) is 17.1 Å². The van der Waals surface area contributed by atoms with Gasteiger partial charge in [-0.1, -0.05) is 49.6 Å². The zero-order valence-electron chi connectivity index (χ0n) is 22.3. The summed E-state index contributed by atoms with van der Waals surface area (Å²) in [4.78, 5) is 28.3. The third kappa shape index (κ3) is 7.93. The molecule has 38 heavy (non-hydrogen) atoms. The normalized spacial score (nSPS) is 14.8. The minimum atomic E-state index is -3.63. The van der Waals surface area contributed by atoms with Gasteiger partial charge in [0.05, 0.1) is 11.9 Å². The van der Waals surface area contributed by atoms with Crippen LogP contribution in [-0.4, -0.2) is 50.0 Å². The standard InChI is InChI=1S/C28H37ClFN3O4S/c1-4-25(28(35)31-23-9-5-6-10-23)32(19-21-14-16-22(30)17-15-21)27(34)13-8-18-33(38(3,36)37)26-12-7-11-24(29)20(26)2/h7,11-12,14-17,23,25H,4-6,8-10,13,18-19H2,1-3H3,(H,31,35). The van der Waals surface area contributed by atoms with E-state index in [-0.39, 0.29) is 49.6 Å². The van der Waals surface area contributed by atoms with Gasteiger partial charge in [-0.2, -0.15) is 0 Å². The van der Waals surface area contributed by atoms with E-state index in [2.05, 4.69) is 5.32 Å². The highest BCUT2D eigenvalue weighted by atomic mass is 35.5. The third-order valence-electron chi connectivity index (χ3n) is 7.01. The van der Waals surface area contributed by atoms with Gasteiger partial charge in [0.15, 0.2) is 0 Å². The number of anilines is 1. The van der Waals surface area contributed by atoms with Gasteiger partial charge >= 0.3 is 0 Å². The van der Waals surface area contributed by atoms with Gasteiger partial charge in [0.1, 0.15) is 11.9 Å². The average molecular weight is 566 g/mol. The Bertz CT molecular complexity index is 1220.